The molecule has 0 amide bonds. The zero-order valence-corrected chi connectivity index (χ0v) is 95.9. The van der Waals surface area contributed by atoms with Gasteiger partial charge in [-0.05, 0) is 330 Å². The van der Waals surface area contributed by atoms with E-state index in [1.54, 1.807) is 16.7 Å². The van der Waals surface area contributed by atoms with Gasteiger partial charge in [-0.25, -0.2) is 0 Å². The fraction of sp³-hybridized carbons (Fsp3) is 0.952. The Bertz CT molecular complexity index is 3340. The number of hydrogen-bond acceptors (Lipinski definition) is 9. The molecule has 6 nitrogen and oxygen atoms in total. The second-order valence-electron chi connectivity index (χ2n) is 53.9. The van der Waals surface area contributed by atoms with Gasteiger partial charge in [-0.3, -0.25) is 0 Å². The number of fused-ring (bicyclic) bond motifs is 15. The van der Waals surface area contributed by atoms with Gasteiger partial charge in [0.1, 0.15) is 0 Å². The molecule has 9 fully saturated rings. The van der Waals surface area contributed by atoms with Crippen LogP contribution in [0.4, 0.5) is 0 Å². The molecule has 0 spiro atoms. The zero-order valence-electron chi connectivity index (χ0n) is 93.5. The first-order valence-corrected chi connectivity index (χ1v) is 62.4. The van der Waals surface area contributed by atoms with Crippen LogP contribution < -0.4 is 0 Å². The first-order valence-electron chi connectivity index (χ1n) is 59.4. The SMILES string of the molecule is CC(C)CCCC(C)C1CCC2C3CC=C4C[C@@H](OCCCCCCCCCCCCCCCCSC(C)(C)C)CCC4(C)C3CCC12C.CC(C)CCCC(C)C1CCC2C3CC=C4C[C@@H](OCCCCCCCCSC(C)(C)C)CCC4(C)C3CCC12C.CC(C)CCCC(C)C1CCC2C3CC=C4C[C@@H](OCCOCCOCCOCCSC(C)(C)C)CCC4(C)C3CCC12C. The van der Waals surface area contributed by atoms with E-state index in [-0.39, 0.29) is 0 Å². The topological polar surface area (TPSA) is 55.4 Å². The van der Waals surface area contributed by atoms with E-state index in [1.165, 1.54) is 345 Å². The van der Waals surface area contributed by atoms with Crippen molar-refractivity contribution in [3.8, 4) is 0 Å². The Morgan fingerprint density at radius 1 is 0.269 bits per heavy atom. The number of ether oxygens (including phenoxy) is 6. The van der Waals surface area contributed by atoms with Crippen molar-refractivity contribution in [3.05, 3.63) is 34.9 Å². The summed E-state index contributed by atoms with van der Waals surface area (Å²) in [7, 11) is 0. The molecule has 0 N–H and O–H groups in total. The van der Waals surface area contributed by atoms with E-state index in [2.05, 4.69) is 208 Å². The molecule has 21 unspecified atom stereocenters. The summed E-state index contributed by atoms with van der Waals surface area (Å²) in [4.78, 5) is 0. The highest BCUT2D eigenvalue weighted by Gasteiger charge is 2.63. The van der Waals surface area contributed by atoms with Crippen LogP contribution in [0.1, 0.15) is 506 Å². The van der Waals surface area contributed by atoms with E-state index in [0.717, 1.165) is 139 Å². The fourth-order valence-electron chi connectivity index (χ4n) is 32.1. The molecule has 9 saturated carbocycles. The monoisotopic (exact) mass is 1920 g/mol. The van der Waals surface area contributed by atoms with Gasteiger partial charge in [0.05, 0.1) is 64.6 Å². The molecule has 12 rings (SSSR count). The van der Waals surface area contributed by atoms with Crippen LogP contribution in [0.15, 0.2) is 34.9 Å². The highest BCUT2D eigenvalue weighted by atomic mass is 32.2. The van der Waals surface area contributed by atoms with Gasteiger partial charge < -0.3 is 28.4 Å². The molecule has 0 aromatic rings. The maximum Gasteiger partial charge on any atom is 0.0704 e. The highest BCUT2D eigenvalue weighted by molar-refractivity contribution is 8.01. The third-order valence-corrected chi connectivity index (χ3v) is 43.7. The maximum atomic E-state index is 6.58. The van der Waals surface area contributed by atoms with Gasteiger partial charge in [0, 0.05) is 33.2 Å². The minimum Gasteiger partial charge on any atom is -0.378 e. The Kier molecular flexibility index (Phi) is 48.7. The number of hydrogen-bond donors (Lipinski definition) is 0. The molecule has 0 bridgehead atoms. The molecule has 0 aromatic heterocycles. The third kappa shape index (κ3) is 34.3. The van der Waals surface area contributed by atoms with Gasteiger partial charge in [-0.1, -0.05) is 362 Å². The quantitative estimate of drug-likeness (QED) is 0.0438. The molecule has 0 aliphatic heterocycles. The molecule has 780 valence electrons. The Hall–Kier alpha value is 0.0300. The van der Waals surface area contributed by atoms with Crippen molar-refractivity contribution in [1.82, 2.24) is 0 Å². The Labute approximate surface area is 847 Å². The van der Waals surface area contributed by atoms with Crippen LogP contribution in [0.5, 0.6) is 0 Å². The molecule has 0 heterocycles. The number of rotatable bonds is 56. The third-order valence-electron chi connectivity index (χ3n) is 39.7. The molecule has 0 radical (unpaired) electrons. The predicted molar refractivity (Wildman–Crippen MR) is 590 cm³/mol. The average Bonchev–Trinajstić information content (AvgIpc) is 1.49. The van der Waals surface area contributed by atoms with Gasteiger partial charge in [0.15, 0.2) is 0 Å². The van der Waals surface area contributed by atoms with E-state index in [9.17, 15) is 0 Å². The lowest BCUT2D eigenvalue weighted by Gasteiger charge is -2.58. The smallest absolute Gasteiger partial charge is 0.0704 e. The van der Waals surface area contributed by atoms with Crippen LogP contribution in [0.3, 0.4) is 0 Å². The van der Waals surface area contributed by atoms with Crippen molar-refractivity contribution >= 4 is 35.3 Å². The van der Waals surface area contributed by atoms with Crippen molar-refractivity contribution < 1.29 is 28.4 Å². The van der Waals surface area contributed by atoms with Crippen molar-refractivity contribution in [3.63, 3.8) is 0 Å². The minimum atomic E-state index is 0.304. The summed E-state index contributed by atoms with van der Waals surface area (Å²) in [5, 5.41) is 0. The zero-order chi connectivity index (χ0) is 96.8. The predicted octanol–water partition coefficient (Wildman–Crippen LogP) is 37.7. The summed E-state index contributed by atoms with van der Waals surface area (Å²) in [6.45, 7) is 65.7. The second kappa shape index (κ2) is 56.3. The van der Waals surface area contributed by atoms with Crippen molar-refractivity contribution in [2.45, 2.75) is 539 Å². The molecule has 0 aromatic carbocycles. The van der Waals surface area contributed by atoms with E-state index in [0.29, 0.717) is 105 Å². The second-order valence-corrected chi connectivity index (χ2v) is 59.6. The summed E-state index contributed by atoms with van der Waals surface area (Å²) in [5.74, 6) is 20.3. The van der Waals surface area contributed by atoms with Crippen LogP contribution in [0, 0.1) is 139 Å². The molecular weight excluding hydrogens is 1690 g/mol. The highest BCUT2D eigenvalue weighted by Crippen LogP contribution is 2.72. The van der Waals surface area contributed by atoms with Gasteiger partial charge in [-0.15, -0.1) is 0 Å². The fourth-order valence-corrected chi connectivity index (χ4v) is 34.8. The Balaban J connectivity index is 0.000000209. The van der Waals surface area contributed by atoms with Gasteiger partial charge in [-0.2, -0.15) is 35.3 Å². The summed E-state index contributed by atoms with van der Waals surface area (Å²) in [6.07, 6.45) is 83.9. The lowest BCUT2D eigenvalue weighted by atomic mass is 9.47. The summed E-state index contributed by atoms with van der Waals surface area (Å²) in [6, 6.07) is 0. The molecule has 134 heavy (non-hydrogen) atoms. The minimum absolute atomic E-state index is 0.304. The molecule has 24 atom stereocenters. The maximum absolute atomic E-state index is 6.58. The molecule has 9 heteroatoms. The van der Waals surface area contributed by atoms with Crippen LogP contribution in [-0.4, -0.2) is 109 Å². The number of thioether (sulfide) groups is 3. The number of allylic oxidation sites excluding steroid dienone is 3. The molecule has 12 aliphatic rings. The van der Waals surface area contributed by atoms with E-state index < -0.39 is 0 Å². The first-order chi connectivity index (χ1) is 63.8. The van der Waals surface area contributed by atoms with Crippen LogP contribution in [0.2, 0.25) is 0 Å². The normalized spacial score (nSPS) is 34.1. The number of unbranched alkanes of at least 4 members (excludes halogenated alkanes) is 18. The van der Waals surface area contributed by atoms with Gasteiger partial charge >= 0.3 is 0 Å². The summed E-state index contributed by atoms with van der Waals surface area (Å²) in [5.41, 5.74) is 8.41. The van der Waals surface area contributed by atoms with Gasteiger partial charge in [0.2, 0.25) is 0 Å². The van der Waals surface area contributed by atoms with E-state index in [1.807, 2.05) is 11.8 Å². The van der Waals surface area contributed by atoms with Crippen LogP contribution in [0.25, 0.3) is 0 Å². The summed E-state index contributed by atoms with van der Waals surface area (Å²) >= 11 is 6.18. The largest absolute Gasteiger partial charge is 0.378 e. The Morgan fingerprint density at radius 3 is 0.821 bits per heavy atom. The standard InChI is InChI=1S/C47H86OS.C39H70O4S.C39H70OS/c1-37(2)24-23-25-38(3)42-28-29-43-41-27-26-39-36-40(30-32-46(39,7)44(41)31-33-47(42,43)8)48-34-21-19-17-15-13-11-9-10-12-14-16-18-20-22-35-49-45(4,5)6;1-29(2)10-9-11-30(3)34-14-15-35-33-13-12-31-28-32(16-18-38(31,7)36(33)17-19-39(34,35)8)43-25-24-41-21-20-40-22-23-42-26-27-44-37(4,5)6;1-29(2)16-15-17-30(3)34-20-21-35-33-19-18-31-28-32(22-24-38(31,7)36(33)23-25-39(34,35)8)40-26-13-11-9-10-12-14-27-41-37(4,5)6/h26,37-38,40-44H,9-25,27-36H2,1-8H3;12,29-30,32-36H,9-11,13-28H2,1-8H3;18,29-30,32-36H,9-17,19-28H2,1-8H3/t38?,40-,41?,42?,43?,44?,46?,47?;2*30?,32-,33?,34?,35?,36?,38?,39?/m000/s1. The van der Waals surface area contributed by atoms with Crippen molar-refractivity contribution in [2.75, 3.05) is 76.7 Å². The lowest BCUT2D eigenvalue weighted by Crippen LogP contribution is -2.51. The Morgan fingerprint density at radius 2 is 0.530 bits per heavy atom. The van der Waals surface area contributed by atoms with Crippen molar-refractivity contribution in [1.29, 1.82) is 0 Å². The lowest BCUT2D eigenvalue weighted by molar-refractivity contribution is -0.0691. The van der Waals surface area contributed by atoms with E-state index >= 15 is 0 Å². The van der Waals surface area contributed by atoms with Crippen LogP contribution >= 0.6 is 35.3 Å². The van der Waals surface area contributed by atoms with E-state index in [4.69, 9.17) is 28.4 Å². The average molecular weight is 1920 g/mol. The molecule has 0 saturated heterocycles. The van der Waals surface area contributed by atoms with Crippen LogP contribution in [-0.2, 0) is 28.4 Å². The van der Waals surface area contributed by atoms with Crippen molar-refractivity contribution in [2.24, 2.45) is 139 Å². The first kappa shape index (κ1) is 116. The molecular formula is C125H226O6S3. The summed E-state index contributed by atoms with van der Waals surface area (Å²) < 4.78 is 37.7. The van der Waals surface area contributed by atoms with Gasteiger partial charge in [0.25, 0.3) is 0 Å². The molecule has 12 aliphatic carbocycles.